The Hall–Kier alpha value is -1.88. The minimum absolute atomic E-state index is 0.470. The molecule has 0 radical (unpaired) electrons. The molecule has 2 N–H and O–H groups in total. The van der Waals surface area contributed by atoms with Gasteiger partial charge in [-0.2, -0.15) is 10.1 Å². The number of anilines is 3. The molecule has 2 aromatic rings. The Bertz CT molecular complexity index is 598. The van der Waals surface area contributed by atoms with E-state index in [0.29, 0.717) is 17.0 Å². The summed E-state index contributed by atoms with van der Waals surface area (Å²) in [6.07, 6.45) is 7.95. The van der Waals surface area contributed by atoms with Crippen molar-refractivity contribution in [3.63, 3.8) is 0 Å². The zero-order valence-electron chi connectivity index (χ0n) is 11.7. The van der Waals surface area contributed by atoms with Crippen molar-refractivity contribution >= 4 is 29.1 Å². The van der Waals surface area contributed by atoms with Crippen LogP contribution in [0.3, 0.4) is 0 Å². The third-order valence-corrected chi connectivity index (χ3v) is 3.83. The average Bonchev–Trinajstić information content (AvgIpc) is 2.49. The maximum absolute atomic E-state index is 5.96. The van der Waals surface area contributed by atoms with Gasteiger partial charge in [0.2, 0.25) is 5.95 Å². The van der Waals surface area contributed by atoms with Crippen LogP contribution in [-0.4, -0.2) is 21.2 Å². The van der Waals surface area contributed by atoms with Crippen LogP contribution in [0.15, 0.2) is 30.5 Å². The van der Waals surface area contributed by atoms with Gasteiger partial charge in [-0.1, -0.05) is 36.9 Å². The summed E-state index contributed by atoms with van der Waals surface area (Å²) in [6, 6.07) is 7.94. The van der Waals surface area contributed by atoms with Gasteiger partial charge in [0.25, 0.3) is 0 Å². The molecule has 0 spiro atoms. The Morgan fingerprint density at radius 2 is 2.00 bits per heavy atom. The Kier molecular flexibility index (Phi) is 4.50. The molecule has 1 aliphatic rings. The topological polar surface area (TPSA) is 62.7 Å². The van der Waals surface area contributed by atoms with Gasteiger partial charge in [-0.15, -0.1) is 5.10 Å². The van der Waals surface area contributed by atoms with E-state index in [1.807, 2.05) is 24.3 Å². The predicted octanol–water partition coefficient (Wildman–Crippen LogP) is 4.01. The minimum atomic E-state index is 0.470. The predicted molar refractivity (Wildman–Crippen MR) is 85.1 cm³/mol. The summed E-state index contributed by atoms with van der Waals surface area (Å²) in [7, 11) is 0. The molecule has 0 atom stereocenters. The first-order chi connectivity index (χ1) is 10.3. The second-order valence-electron chi connectivity index (χ2n) is 5.28. The Balaban J connectivity index is 1.67. The molecule has 1 saturated carbocycles. The first-order valence-corrected chi connectivity index (χ1v) is 7.66. The number of rotatable bonds is 4. The second-order valence-corrected chi connectivity index (χ2v) is 5.72. The van der Waals surface area contributed by atoms with E-state index in [1.165, 1.54) is 32.1 Å². The number of nitrogens with one attached hydrogen (secondary N) is 2. The van der Waals surface area contributed by atoms with Crippen LogP contribution in [0.1, 0.15) is 32.1 Å². The first kappa shape index (κ1) is 14.1. The molecule has 1 aliphatic carbocycles. The van der Waals surface area contributed by atoms with E-state index in [0.717, 1.165) is 11.5 Å². The fraction of sp³-hybridized carbons (Fsp3) is 0.400. The van der Waals surface area contributed by atoms with Gasteiger partial charge in [0, 0.05) is 16.8 Å². The number of hydrogen-bond acceptors (Lipinski definition) is 5. The lowest BCUT2D eigenvalue weighted by molar-refractivity contribution is 0.461. The van der Waals surface area contributed by atoms with E-state index in [1.54, 1.807) is 6.20 Å². The third-order valence-electron chi connectivity index (χ3n) is 3.60. The van der Waals surface area contributed by atoms with Crippen LogP contribution >= 0.6 is 11.6 Å². The molecule has 0 bridgehead atoms. The van der Waals surface area contributed by atoms with Gasteiger partial charge in [-0.3, -0.25) is 0 Å². The summed E-state index contributed by atoms with van der Waals surface area (Å²) < 4.78 is 0. The van der Waals surface area contributed by atoms with Crippen molar-refractivity contribution in [3.8, 4) is 0 Å². The second kappa shape index (κ2) is 6.72. The van der Waals surface area contributed by atoms with Crippen molar-refractivity contribution < 1.29 is 0 Å². The normalized spacial score (nSPS) is 15.7. The lowest BCUT2D eigenvalue weighted by atomic mass is 9.96. The third kappa shape index (κ3) is 4.04. The smallest absolute Gasteiger partial charge is 0.249 e. The molecule has 1 aromatic carbocycles. The fourth-order valence-corrected chi connectivity index (χ4v) is 2.77. The molecule has 0 aliphatic heterocycles. The van der Waals surface area contributed by atoms with E-state index in [4.69, 9.17) is 11.6 Å². The Morgan fingerprint density at radius 1 is 1.14 bits per heavy atom. The van der Waals surface area contributed by atoms with Crippen LogP contribution < -0.4 is 10.6 Å². The summed E-state index contributed by atoms with van der Waals surface area (Å²) in [5.74, 6) is 1.24. The van der Waals surface area contributed by atoms with E-state index in [-0.39, 0.29) is 0 Å². The molecule has 0 amide bonds. The number of benzene rings is 1. The lowest BCUT2D eigenvalue weighted by Crippen LogP contribution is -2.23. The molecule has 21 heavy (non-hydrogen) atoms. The van der Waals surface area contributed by atoms with Crippen molar-refractivity contribution in [2.24, 2.45) is 0 Å². The highest BCUT2D eigenvalue weighted by molar-refractivity contribution is 6.30. The minimum Gasteiger partial charge on any atom is -0.366 e. The zero-order valence-corrected chi connectivity index (χ0v) is 12.5. The van der Waals surface area contributed by atoms with Crippen LogP contribution in [0.2, 0.25) is 5.02 Å². The lowest BCUT2D eigenvalue weighted by Gasteiger charge is -2.23. The summed E-state index contributed by atoms with van der Waals surface area (Å²) in [6.45, 7) is 0. The molecule has 0 unspecified atom stereocenters. The fourth-order valence-electron chi connectivity index (χ4n) is 2.58. The van der Waals surface area contributed by atoms with Gasteiger partial charge in [-0.05, 0) is 31.0 Å². The van der Waals surface area contributed by atoms with Gasteiger partial charge in [0.1, 0.15) is 0 Å². The number of nitrogens with zero attached hydrogens (tertiary/aromatic N) is 3. The quantitative estimate of drug-likeness (QED) is 0.893. The maximum Gasteiger partial charge on any atom is 0.249 e. The highest BCUT2D eigenvalue weighted by atomic mass is 35.5. The zero-order chi connectivity index (χ0) is 14.5. The highest BCUT2D eigenvalue weighted by Crippen LogP contribution is 2.21. The molecule has 1 aromatic heterocycles. The Morgan fingerprint density at radius 3 is 2.81 bits per heavy atom. The molecular weight excluding hydrogens is 286 g/mol. The molecule has 1 heterocycles. The van der Waals surface area contributed by atoms with Crippen LogP contribution in [0.25, 0.3) is 0 Å². The number of hydrogen-bond donors (Lipinski definition) is 2. The molecule has 6 heteroatoms. The van der Waals surface area contributed by atoms with E-state index >= 15 is 0 Å². The molecule has 110 valence electrons. The van der Waals surface area contributed by atoms with E-state index in [9.17, 15) is 0 Å². The molecular formula is C15H18ClN5. The van der Waals surface area contributed by atoms with E-state index in [2.05, 4.69) is 25.8 Å². The van der Waals surface area contributed by atoms with Gasteiger partial charge >= 0.3 is 0 Å². The van der Waals surface area contributed by atoms with Crippen molar-refractivity contribution in [3.05, 3.63) is 35.5 Å². The van der Waals surface area contributed by atoms with E-state index < -0.39 is 0 Å². The monoisotopic (exact) mass is 303 g/mol. The summed E-state index contributed by atoms with van der Waals surface area (Å²) in [5, 5.41) is 15.2. The summed E-state index contributed by atoms with van der Waals surface area (Å²) >= 11 is 5.96. The standard InChI is InChI=1S/C15H18ClN5/c16-11-5-4-8-13(9-11)19-15-20-14(10-17-21-15)18-12-6-2-1-3-7-12/h4-5,8-10,12H,1-3,6-7H2,(H2,18,19,20,21). The average molecular weight is 304 g/mol. The van der Waals surface area contributed by atoms with Crippen molar-refractivity contribution in [1.82, 2.24) is 15.2 Å². The maximum atomic E-state index is 5.96. The number of aromatic nitrogens is 3. The van der Waals surface area contributed by atoms with Gasteiger partial charge in [-0.25, -0.2) is 0 Å². The van der Waals surface area contributed by atoms with Crippen LogP contribution in [0.5, 0.6) is 0 Å². The van der Waals surface area contributed by atoms with Gasteiger partial charge < -0.3 is 10.6 Å². The molecule has 3 rings (SSSR count). The van der Waals surface area contributed by atoms with Crippen molar-refractivity contribution in [2.45, 2.75) is 38.1 Å². The largest absolute Gasteiger partial charge is 0.366 e. The molecule has 1 fully saturated rings. The van der Waals surface area contributed by atoms with Crippen LogP contribution in [-0.2, 0) is 0 Å². The van der Waals surface area contributed by atoms with Gasteiger partial charge in [0.05, 0.1) is 6.20 Å². The highest BCUT2D eigenvalue weighted by Gasteiger charge is 2.14. The van der Waals surface area contributed by atoms with Crippen molar-refractivity contribution in [1.29, 1.82) is 0 Å². The Labute approximate surface area is 129 Å². The summed E-state index contributed by atoms with van der Waals surface area (Å²) in [4.78, 5) is 4.45. The molecule has 0 saturated heterocycles. The van der Waals surface area contributed by atoms with Crippen LogP contribution in [0.4, 0.5) is 17.5 Å². The molecule has 5 nitrogen and oxygen atoms in total. The SMILES string of the molecule is Clc1cccc(Nc2nncc(NC3CCCCC3)n2)c1. The van der Waals surface area contributed by atoms with Gasteiger partial charge in [0.15, 0.2) is 5.82 Å². The summed E-state index contributed by atoms with van der Waals surface area (Å²) in [5.41, 5.74) is 0.846. The first-order valence-electron chi connectivity index (χ1n) is 7.28. The van der Waals surface area contributed by atoms with Crippen molar-refractivity contribution in [2.75, 3.05) is 10.6 Å². The number of halogens is 1. The van der Waals surface area contributed by atoms with Crippen LogP contribution in [0, 0.1) is 0 Å².